The Kier molecular flexibility index (Phi) is 8.02. The van der Waals surface area contributed by atoms with Crippen LogP contribution in [0, 0.1) is 0 Å². The normalized spacial score (nSPS) is 11.9. The van der Waals surface area contributed by atoms with E-state index in [1.807, 2.05) is 18.2 Å². The van der Waals surface area contributed by atoms with Gasteiger partial charge < -0.3 is 5.73 Å². The first-order valence-corrected chi connectivity index (χ1v) is 5.91. The van der Waals surface area contributed by atoms with Crippen molar-refractivity contribution >= 4 is 28.3 Å². The molecule has 1 aromatic heterocycles. The van der Waals surface area contributed by atoms with E-state index in [1.165, 1.54) is 19.3 Å². The van der Waals surface area contributed by atoms with Gasteiger partial charge in [0.25, 0.3) is 0 Å². The molecule has 1 aromatic rings. The van der Waals surface area contributed by atoms with E-state index in [2.05, 4.69) is 27.8 Å². The molecule has 0 saturated carbocycles. The Morgan fingerprint density at radius 2 is 2.13 bits per heavy atom. The zero-order chi connectivity index (χ0) is 10.4. The van der Waals surface area contributed by atoms with Gasteiger partial charge in [0.2, 0.25) is 0 Å². The summed E-state index contributed by atoms with van der Waals surface area (Å²) >= 11 is 3.35. The van der Waals surface area contributed by atoms with Crippen molar-refractivity contribution in [3.63, 3.8) is 0 Å². The van der Waals surface area contributed by atoms with Crippen LogP contribution in [0.1, 0.15) is 44.3 Å². The lowest BCUT2D eigenvalue weighted by atomic mass is 10.1. The molecule has 86 valence electrons. The van der Waals surface area contributed by atoms with E-state index >= 15 is 0 Å². The monoisotopic (exact) mass is 292 g/mol. The van der Waals surface area contributed by atoms with Crippen molar-refractivity contribution < 1.29 is 0 Å². The Morgan fingerprint density at radius 3 is 2.73 bits per heavy atom. The minimum atomic E-state index is 0. The van der Waals surface area contributed by atoms with Crippen molar-refractivity contribution in [1.29, 1.82) is 0 Å². The summed E-state index contributed by atoms with van der Waals surface area (Å²) in [5, 5.41) is 0. The molecule has 0 spiro atoms. The molecule has 0 unspecified atom stereocenters. The van der Waals surface area contributed by atoms with Crippen LogP contribution in [-0.4, -0.2) is 4.98 Å². The van der Waals surface area contributed by atoms with Crippen molar-refractivity contribution in [2.24, 2.45) is 5.73 Å². The number of pyridine rings is 1. The standard InChI is InChI=1S/C11H17BrN2.ClH/c1-2-3-4-6-9(13)10-7-5-8-11(12)14-10;/h5,7-9H,2-4,6,13H2,1H3;1H/t9-;/m1./s1. The Hall–Kier alpha value is -0.120. The van der Waals surface area contributed by atoms with Crippen LogP contribution in [0.4, 0.5) is 0 Å². The summed E-state index contributed by atoms with van der Waals surface area (Å²) in [5.41, 5.74) is 7.00. The van der Waals surface area contributed by atoms with Gasteiger partial charge in [-0.05, 0) is 34.5 Å². The number of hydrogen-bond donors (Lipinski definition) is 1. The van der Waals surface area contributed by atoms with Gasteiger partial charge in [-0.1, -0.05) is 32.3 Å². The van der Waals surface area contributed by atoms with Gasteiger partial charge in [-0.3, -0.25) is 0 Å². The third-order valence-corrected chi connectivity index (χ3v) is 2.68. The van der Waals surface area contributed by atoms with Gasteiger partial charge >= 0.3 is 0 Å². The Morgan fingerprint density at radius 1 is 1.40 bits per heavy atom. The summed E-state index contributed by atoms with van der Waals surface area (Å²) in [7, 11) is 0. The van der Waals surface area contributed by atoms with Crippen LogP contribution < -0.4 is 5.73 Å². The van der Waals surface area contributed by atoms with Gasteiger partial charge in [0.1, 0.15) is 4.60 Å². The zero-order valence-corrected chi connectivity index (χ0v) is 11.4. The highest BCUT2D eigenvalue weighted by atomic mass is 79.9. The fraction of sp³-hybridized carbons (Fsp3) is 0.545. The van der Waals surface area contributed by atoms with Crippen LogP contribution in [0.15, 0.2) is 22.8 Å². The first-order valence-electron chi connectivity index (χ1n) is 5.12. The topological polar surface area (TPSA) is 38.9 Å². The molecule has 1 atom stereocenters. The smallest absolute Gasteiger partial charge is 0.106 e. The van der Waals surface area contributed by atoms with Crippen LogP contribution in [0.5, 0.6) is 0 Å². The summed E-state index contributed by atoms with van der Waals surface area (Å²) in [6, 6.07) is 5.97. The van der Waals surface area contributed by atoms with Crippen LogP contribution >= 0.6 is 28.3 Å². The molecule has 1 rings (SSSR count). The molecule has 0 radical (unpaired) electrons. The van der Waals surface area contributed by atoms with Crippen LogP contribution in [-0.2, 0) is 0 Å². The quantitative estimate of drug-likeness (QED) is 0.661. The van der Waals surface area contributed by atoms with Gasteiger partial charge in [0.15, 0.2) is 0 Å². The third kappa shape index (κ3) is 5.50. The van der Waals surface area contributed by atoms with E-state index in [9.17, 15) is 0 Å². The summed E-state index contributed by atoms with van der Waals surface area (Å²) in [5.74, 6) is 0. The van der Waals surface area contributed by atoms with Crippen molar-refractivity contribution in [3.8, 4) is 0 Å². The fourth-order valence-electron chi connectivity index (χ4n) is 1.39. The lowest BCUT2D eigenvalue weighted by molar-refractivity contribution is 0.570. The Balaban J connectivity index is 0.00000196. The van der Waals surface area contributed by atoms with Crippen LogP contribution in [0.25, 0.3) is 0 Å². The maximum absolute atomic E-state index is 6.02. The SMILES string of the molecule is CCCCC[C@@H](N)c1cccc(Br)n1.Cl. The highest BCUT2D eigenvalue weighted by Gasteiger charge is 2.06. The molecule has 0 saturated heterocycles. The van der Waals surface area contributed by atoms with E-state index in [-0.39, 0.29) is 18.4 Å². The highest BCUT2D eigenvalue weighted by Crippen LogP contribution is 2.17. The molecule has 0 amide bonds. The lowest BCUT2D eigenvalue weighted by Gasteiger charge is -2.10. The third-order valence-electron chi connectivity index (χ3n) is 2.24. The second-order valence-corrected chi connectivity index (χ2v) is 4.30. The number of nitrogens with zero attached hydrogens (tertiary/aromatic N) is 1. The second kappa shape index (κ2) is 8.08. The van der Waals surface area contributed by atoms with E-state index < -0.39 is 0 Å². The number of hydrogen-bond acceptors (Lipinski definition) is 2. The van der Waals surface area contributed by atoms with Gasteiger partial charge in [0.05, 0.1) is 5.69 Å². The lowest BCUT2D eigenvalue weighted by Crippen LogP contribution is -2.11. The van der Waals surface area contributed by atoms with Crippen LogP contribution in [0.2, 0.25) is 0 Å². The molecule has 2 N–H and O–H groups in total. The molecule has 2 nitrogen and oxygen atoms in total. The predicted octanol–water partition coefficient (Wildman–Crippen LogP) is 3.85. The summed E-state index contributed by atoms with van der Waals surface area (Å²) in [6.45, 7) is 2.20. The van der Waals surface area contributed by atoms with Crippen LogP contribution in [0.3, 0.4) is 0 Å². The van der Waals surface area contributed by atoms with Gasteiger partial charge in [-0.25, -0.2) is 4.98 Å². The first-order chi connectivity index (χ1) is 6.74. The molecule has 15 heavy (non-hydrogen) atoms. The van der Waals surface area contributed by atoms with Gasteiger partial charge in [-0.2, -0.15) is 0 Å². The first kappa shape index (κ1) is 14.9. The number of halogens is 2. The average molecular weight is 294 g/mol. The molecule has 0 fully saturated rings. The van der Waals surface area contributed by atoms with Gasteiger partial charge in [-0.15, -0.1) is 12.4 Å². The molecule has 1 heterocycles. The maximum Gasteiger partial charge on any atom is 0.106 e. The van der Waals surface area contributed by atoms with E-state index in [0.717, 1.165) is 16.7 Å². The molecule has 0 bridgehead atoms. The molecule has 0 aliphatic carbocycles. The number of unbranched alkanes of at least 4 members (excludes halogenated alkanes) is 2. The molecular formula is C11H18BrClN2. The minimum absolute atomic E-state index is 0. The number of aromatic nitrogens is 1. The minimum Gasteiger partial charge on any atom is -0.323 e. The highest BCUT2D eigenvalue weighted by molar-refractivity contribution is 9.10. The summed E-state index contributed by atoms with van der Waals surface area (Å²) in [4.78, 5) is 4.34. The number of rotatable bonds is 5. The Labute approximate surface area is 106 Å². The number of nitrogens with two attached hydrogens (primary N) is 1. The van der Waals surface area contributed by atoms with E-state index in [1.54, 1.807) is 0 Å². The van der Waals surface area contributed by atoms with Crippen molar-refractivity contribution in [3.05, 3.63) is 28.5 Å². The van der Waals surface area contributed by atoms with E-state index in [0.29, 0.717) is 0 Å². The second-order valence-electron chi connectivity index (χ2n) is 3.49. The molecule has 0 aliphatic heterocycles. The average Bonchev–Trinajstić information content (AvgIpc) is 2.18. The molecule has 4 heteroatoms. The van der Waals surface area contributed by atoms with Gasteiger partial charge in [0, 0.05) is 6.04 Å². The van der Waals surface area contributed by atoms with Crippen molar-refractivity contribution in [2.75, 3.05) is 0 Å². The van der Waals surface area contributed by atoms with Crippen molar-refractivity contribution in [2.45, 2.75) is 38.6 Å². The maximum atomic E-state index is 6.02. The van der Waals surface area contributed by atoms with E-state index in [4.69, 9.17) is 5.73 Å². The van der Waals surface area contributed by atoms with Crippen molar-refractivity contribution in [1.82, 2.24) is 4.98 Å². The summed E-state index contributed by atoms with van der Waals surface area (Å²) in [6.07, 6.45) is 4.70. The summed E-state index contributed by atoms with van der Waals surface area (Å²) < 4.78 is 0.862. The molecule has 0 aromatic carbocycles. The Bertz CT molecular complexity index is 281. The zero-order valence-electron chi connectivity index (χ0n) is 8.95. The fourth-order valence-corrected chi connectivity index (χ4v) is 1.75. The molecule has 0 aliphatic rings. The largest absolute Gasteiger partial charge is 0.323 e. The molecular weight excluding hydrogens is 275 g/mol. The predicted molar refractivity (Wildman–Crippen MR) is 70.3 cm³/mol.